The van der Waals surface area contributed by atoms with E-state index < -0.39 is 6.61 Å². The van der Waals surface area contributed by atoms with Crippen LogP contribution in [0.5, 0.6) is 5.75 Å². The van der Waals surface area contributed by atoms with Crippen LogP contribution in [-0.2, 0) is 17.8 Å². The number of benzene rings is 2. The number of amides is 1. The molecule has 0 radical (unpaired) electrons. The highest BCUT2D eigenvalue weighted by Crippen LogP contribution is 2.31. The number of nitrogens with one attached hydrogen (secondary N) is 1. The molecule has 6 nitrogen and oxygen atoms in total. The molecule has 4 aromatic rings. The standard InChI is InChI=1S/C23H18ClF2N3O3S/c24-16-5-3-15(4-6-16)19-11-18-21(33-19)22(31)29(13-28-18)12-20(30)27-10-9-14-1-7-17(8-2-14)32-23(25)26/h1-8,11,13,23H,9-10,12H2,(H,27,30). The van der Waals surface area contributed by atoms with Crippen LogP contribution < -0.4 is 15.6 Å². The molecule has 1 amide bonds. The summed E-state index contributed by atoms with van der Waals surface area (Å²) in [6.07, 6.45) is 1.87. The summed E-state index contributed by atoms with van der Waals surface area (Å²) in [7, 11) is 0. The Morgan fingerprint density at radius 3 is 2.58 bits per heavy atom. The van der Waals surface area contributed by atoms with Crippen molar-refractivity contribution in [3.05, 3.63) is 81.9 Å². The molecule has 0 aliphatic rings. The number of rotatable bonds is 8. The minimum atomic E-state index is -2.87. The van der Waals surface area contributed by atoms with E-state index in [0.29, 0.717) is 28.2 Å². The van der Waals surface area contributed by atoms with Gasteiger partial charge in [0.2, 0.25) is 5.91 Å². The second-order valence-electron chi connectivity index (χ2n) is 7.13. The van der Waals surface area contributed by atoms with Crippen molar-refractivity contribution in [1.29, 1.82) is 0 Å². The first kappa shape index (κ1) is 22.9. The number of aromatic nitrogens is 2. The van der Waals surface area contributed by atoms with Crippen LogP contribution >= 0.6 is 22.9 Å². The average molecular weight is 490 g/mol. The maximum atomic E-state index is 12.8. The summed E-state index contributed by atoms with van der Waals surface area (Å²) in [6.45, 7) is -2.69. The van der Waals surface area contributed by atoms with E-state index >= 15 is 0 Å². The summed E-state index contributed by atoms with van der Waals surface area (Å²) in [5.41, 5.74) is 2.08. The Morgan fingerprint density at radius 2 is 1.88 bits per heavy atom. The van der Waals surface area contributed by atoms with Crippen LogP contribution in [0.2, 0.25) is 5.02 Å². The first-order valence-electron chi connectivity index (χ1n) is 9.94. The number of carbonyl (C=O) groups is 1. The first-order chi connectivity index (χ1) is 15.9. The number of hydrogen-bond acceptors (Lipinski definition) is 5. The monoisotopic (exact) mass is 489 g/mol. The lowest BCUT2D eigenvalue weighted by atomic mass is 10.1. The molecule has 2 aromatic carbocycles. The van der Waals surface area contributed by atoms with Gasteiger partial charge in [-0.05, 0) is 47.9 Å². The van der Waals surface area contributed by atoms with Gasteiger partial charge in [0.05, 0.1) is 11.8 Å². The van der Waals surface area contributed by atoms with Crippen LogP contribution in [0.1, 0.15) is 5.56 Å². The normalized spacial score (nSPS) is 11.2. The molecule has 0 fully saturated rings. The van der Waals surface area contributed by atoms with Gasteiger partial charge in [0.1, 0.15) is 17.0 Å². The molecule has 10 heteroatoms. The molecule has 0 atom stereocenters. The van der Waals surface area contributed by atoms with Crippen LogP contribution in [0.25, 0.3) is 20.7 Å². The van der Waals surface area contributed by atoms with Crippen molar-refractivity contribution in [3.63, 3.8) is 0 Å². The van der Waals surface area contributed by atoms with Gasteiger partial charge in [0.15, 0.2) is 0 Å². The zero-order valence-electron chi connectivity index (χ0n) is 17.1. The quantitative estimate of drug-likeness (QED) is 0.388. The first-order valence-corrected chi connectivity index (χ1v) is 11.1. The van der Waals surface area contributed by atoms with Crippen molar-refractivity contribution in [2.24, 2.45) is 0 Å². The SMILES string of the molecule is O=C(Cn1cnc2cc(-c3ccc(Cl)cc3)sc2c1=O)NCCc1ccc(OC(F)F)cc1. The third-order valence-corrected chi connectivity index (χ3v) is 6.24. The molecular weight excluding hydrogens is 472 g/mol. The van der Waals surface area contributed by atoms with Gasteiger partial charge >= 0.3 is 6.61 Å². The van der Waals surface area contributed by atoms with E-state index in [1.807, 2.05) is 18.2 Å². The third kappa shape index (κ3) is 5.74. The molecule has 33 heavy (non-hydrogen) atoms. The third-order valence-electron chi connectivity index (χ3n) is 4.83. The number of ether oxygens (including phenoxy) is 1. The minimum absolute atomic E-state index is 0.0767. The highest BCUT2D eigenvalue weighted by atomic mass is 35.5. The van der Waals surface area contributed by atoms with Crippen molar-refractivity contribution in [2.45, 2.75) is 19.6 Å². The predicted molar refractivity (Wildman–Crippen MR) is 124 cm³/mol. The molecule has 170 valence electrons. The zero-order chi connectivity index (χ0) is 23.4. The zero-order valence-corrected chi connectivity index (χ0v) is 18.7. The number of carbonyl (C=O) groups excluding carboxylic acids is 1. The van der Waals surface area contributed by atoms with Gasteiger partial charge in [-0.3, -0.25) is 14.2 Å². The van der Waals surface area contributed by atoms with Crippen molar-refractivity contribution in [1.82, 2.24) is 14.9 Å². The minimum Gasteiger partial charge on any atom is -0.435 e. The number of alkyl halides is 2. The lowest BCUT2D eigenvalue weighted by Gasteiger charge is -2.08. The molecule has 0 aliphatic carbocycles. The average Bonchev–Trinajstić information content (AvgIpc) is 3.22. The summed E-state index contributed by atoms with van der Waals surface area (Å²) < 4.78 is 30.4. The number of thiophene rings is 1. The molecule has 0 bridgehead atoms. The van der Waals surface area contributed by atoms with Crippen LogP contribution in [0.3, 0.4) is 0 Å². The Hall–Kier alpha value is -3.30. The van der Waals surface area contributed by atoms with E-state index in [4.69, 9.17) is 11.6 Å². The Balaban J connectivity index is 1.37. The van der Waals surface area contributed by atoms with Crippen molar-refractivity contribution >= 4 is 39.1 Å². The van der Waals surface area contributed by atoms with Gasteiger partial charge in [0.25, 0.3) is 5.56 Å². The predicted octanol–water partition coefficient (Wildman–Crippen LogP) is 4.74. The van der Waals surface area contributed by atoms with Crippen LogP contribution in [0.4, 0.5) is 8.78 Å². The Bertz CT molecular complexity index is 1320. The van der Waals surface area contributed by atoms with Crippen molar-refractivity contribution in [2.75, 3.05) is 6.54 Å². The van der Waals surface area contributed by atoms with E-state index in [1.54, 1.807) is 24.3 Å². The fourth-order valence-electron chi connectivity index (χ4n) is 3.21. The van der Waals surface area contributed by atoms with E-state index in [9.17, 15) is 18.4 Å². The molecule has 2 aromatic heterocycles. The van der Waals surface area contributed by atoms with Gasteiger partial charge in [-0.2, -0.15) is 8.78 Å². The molecule has 4 rings (SSSR count). The number of nitrogens with zero attached hydrogens (tertiary/aromatic N) is 2. The number of hydrogen-bond donors (Lipinski definition) is 1. The van der Waals surface area contributed by atoms with Crippen LogP contribution in [0.15, 0.2) is 65.7 Å². The summed E-state index contributed by atoms with van der Waals surface area (Å²) in [5.74, 6) is -0.252. The lowest BCUT2D eigenvalue weighted by Crippen LogP contribution is -2.33. The summed E-state index contributed by atoms with van der Waals surface area (Å²) >= 11 is 7.25. The van der Waals surface area contributed by atoms with Crippen molar-refractivity contribution < 1.29 is 18.3 Å². The molecule has 0 saturated heterocycles. The lowest BCUT2D eigenvalue weighted by molar-refractivity contribution is -0.121. The topological polar surface area (TPSA) is 73.2 Å². The highest BCUT2D eigenvalue weighted by Gasteiger charge is 2.12. The molecule has 0 unspecified atom stereocenters. The van der Waals surface area contributed by atoms with Crippen molar-refractivity contribution in [3.8, 4) is 16.2 Å². The maximum Gasteiger partial charge on any atom is 0.387 e. The summed E-state index contributed by atoms with van der Waals surface area (Å²) in [6, 6.07) is 15.4. The fourth-order valence-corrected chi connectivity index (χ4v) is 4.40. The Kier molecular flexibility index (Phi) is 7.00. The smallest absolute Gasteiger partial charge is 0.387 e. The fraction of sp³-hybridized carbons (Fsp3) is 0.174. The number of halogens is 3. The molecular formula is C23H18ClF2N3O3S. The van der Waals surface area contributed by atoms with E-state index in [2.05, 4.69) is 15.0 Å². The second kappa shape index (κ2) is 10.1. The molecule has 0 saturated carbocycles. The summed E-state index contributed by atoms with van der Waals surface area (Å²) in [4.78, 5) is 30.4. The Morgan fingerprint density at radius 1 is 1.15 bits per heavy atom. The largest absolute Gasteiger partial charge is 0.435 e. The van der Waals surface area contributed by atoms with E-state index in [0.717, 1.165) is 16.0 Å². The molecule has 1 N–H and O–H groups in total. The number of fused-ring (bicyclic) bond motifs is 1. The van der Waals surface area contributed by atoms with Crippen LogP contribution in [0, 0.1) is 0 Å². The maximum absolute atomic E-state index is 12.8. The van der Waals surface area contributed by atoms with E-state index in [-0.39, 0.29) is 23.8 Å². The van der Waals surface area contributed by atoms with E-state index in [1.165, 1.54) is 34.4 Å². The molecule has 0 spiro atoms. The van der Waals surface area contributed by atoms with Gasteiger partial charge < -0.3 is 10.1 Å². The molecule has 0 aliphatic heterocycles. The van der Waals surface area contributed by atoms with Crippen LogP contribution in [-0.4, -0.2) is 28.6 Å². The van der Waals surface area contributed by atoms with Gasteiger partial charge in [-0.1, -0.05) is 35.9 Å². The van der Waals surface area contributed by atoms with Gasteiger partial charge in [0, 0.05) is 16.4 Å². The van der Waals surface area contributed by atoms with Gasteiger partial charge in [-0.15, -0.1) is 11.3 Å². The molecule has 2 heterocycles. The Labute approximate surface area is 196 Å². The highest BCUT2D eigenvalue weighted by molar-refractivity contribution is 7.22. The van der Waals surface area contributed by atoms with Gasteiger partial charge in [-0.25, -0.2) is 4.98 Å². The second-order valence-corrected chi connectivity index (χ2v) is 8.62. The summed E-state index contributed by atoms with van der Waals surface area (Å²) in [5, 5.41) is 3.38.